The molecule has 0 spiro atoms. The molecule has 4 aromatic carbocycles. The Bertz CT molecular complexity index is 1420. The van der Waals surface area contributed by atoms with Crippen LogP contribution in [0.4, 0.5) is 0 Å². The second-order valence-electron chi connectivity index (χ2n) is 8.17. The third-order valence-corrected chi connectivity index (χ3v) is 6.95. The van der Waals surface area contributed by atoms with E-state index in [1.807, 2.05) is 79.7 Å². The Hall–Kier alpha value is -3.36. The van der Waals surface area contributed by atoms with E-state index in [4.69, 9.17) is 14.2 Å². The van der Waals surface area contributed by atoms with Gasteiger partial charge in [-0.25, -0.2) is 5.43 Å². The minimum atomic E-state index is -0.716. The van der Waals surface area contributed by atoms with Gasteiger partial charge >= 0.3 is 0 Å². The van der Waals surface area contributed by atoms with Gasteiger partial charge < -0.3 is 14.2 Å². The minimum absolute atomic E-state index is 0.349. The van der Waals surface area contributed by atoms with Crippen molar-refractivity contribution in [2.24, 2.45) is 5.10 Å². The van der Waals surface area contributed by atoms with Gasteiger partial charge in [0.15, 0.2) is 6.10 Å². The second kappa shape index (κ2) is 12.7. The fraction of sp³-hybridized carbons (Fsp3) is 0.172. The summed E-state index contributed by atoms with van der Waals surface area (Å²) in [7, 11) is 1.59. The zero-order valence-corrected chi connectivity index (χ0v) is 23.6. The van der Waals surface area contributed by atoms with Gasteiger partial charge in [0, 0.05) is 10.0 Å². The smallest absolute Gasteiger partial charge is 0.281 e. The van der Waals surface area contributed by atoms with Crippen LogP contribution in [0.2, 0.25) is 0 Å². The quantitative estimate of drug-likeness (QED) is 0.149. The van der Waals surface area contributed by atoms with Crippen LogP contribution in [0.3, 0.4) is 0 Å². The topological polar surface area (TPSA) is 69.2 Å². The van der Waals surface area contributed by atoms with Crippen LogP contribution in [-0.4, -0.2) is 25.3 Å². The van der Waals surface area contributed by atoms with Gasteiger partial charge in [0.25, 0.3) is 5.91 Å². The number of hydrogen-bond donors (Lipinski definition) is 1. The van der Waals surface area contributed by atoms with Gasteiger partial charge in [0.05, 0.1) is 17.8 Å². The molecule has 4 aromatic rings. The molecule has 1 amide bonds. The van der Waals surface area contributed by atoms with Gasteiger partial charge in [-0.05, 0) is 75.1 Å². The molecular weight excluding hydrogens is 600 g/mol. The van der Waals surface area contributed by atoms with E-state index < -0.39 is 6.10 Å². The molecule has 0 saturated carbocycles. The Balaban J connectivity index is 1.44. The Morgan fingerprint density at radius 3 is 2.59 bits per heavy atom. The summed E-state index contributed by atoms with van der Waals surface area (Å²) in [5, 5.41) is 6.27. The van der Waals surface area contributed by atoms with Crippen molar-refractivity contribution < 1.29 is 19.0 Å². The molecule has 1 N–H and O–H groups in total. The van der Waals surface area contributed by atoms with E-state index in [-0.39, 0.29) is 5.91 Å². The summed E-state index contributed by atoms with van der Waals surface area (Å²) in [5.41, 5.74) is 4.28. The van der Waals surface area contributed by atoms with Crippen LogP contribution in [0.5, 0.6) is 17.2 Å². The lowest BCUT2D eigenvalue weighted by atomic mass is 10.1. The van der Waals surface area contributed by atoms with Crippen molar-refractivity contribution in [3.8, 4) is 17.2 Å². The number of carbonyl (C=O) groups excluding carboxylic acids is 1. The molecule has 0 aliphatic carbocycles. The van der Waals surface area contributed by atoms with E-state index in [0.29, 0.717) is 35.8 Å². The van der Waals surface area contributed by atoms with Gasteiger partial charge in [-0.2, -0.15) is 5.10 Å². The summed E-state index contributed by atoms with van der Waals surface area (Å²) in [4.78, 5) is 12.9. The summed E-state index contributed by atoms with van der Waals surface area (Å²) in [6.45, 7) is 2.27. The first-order valence-electron chi connectivity index (χ1n) is 11.7. The highest BCUT2D eigenvalue weighted by Crippen LogP contribution is 2.34. The van der Waals surface area contributed by atoms with Crippen molar-refractivity contribution in [3.63, 3.8) is 0 Å². The first-order valence-corrected chi connectivity index (χ1v) is 13.3. The lowest BCUT2D eigenvalue weighted by Gasteiger charge is -2.17. The number of nitrogens with zero attached hydrogens (tertiary/aromatic N) is 1. The lowest BCUT2D eigenvalue weighted by Crippen LogP contribution is -2.35. The highest BCUT2D eigenvalue weighted by atomic mass is 79.9. The fourth-order valence-corrected chi connectivity index (χ4v) is 4.72. The van der Waals surface area contributed by atoms with Gasteiger partial charge in [-0.15, -0.1) is 0 Å². The first kappa shape index (κ1) is 26.7. The molecule has 0 heterocycles. The maximum Gasteiger partial charge on any atom is 0.281 e. The molecule has 0 aromatic heterocycles. The van der Waals surface area contributed by atoms with Crippen molar-refractivity contribution in [3.05, 3.63) is 98.9 Å². The molecule has 0 radical (unpaired) electrons. The van der Waals surface area contributed by atoms with E-state index >= 15 is 0 Å². The Labute approximate surface area is 232 Å². The highest BCUT2D eigenvalue weighted by Gasteiger charge is 2.20. The third kappa shape index (κ3) is 6.90. The van der Waals surface area contributed by atoms with E-state index in [1.165, 1.54) is 6.21 Å². The predicted octanol–water partition coefficient (Wildman–Crippen LogP) is 7.26. The molecule has 0 bridgehead atoms. The van der Waals surface area contributed by atoms with Crippen molar-refractivity contribution in [1.29, 1.82) is 0 Å². The zero-order chi connectivity index (χ0) is 26.2. The van der Waals surface area contributed by atoms with Crippen molar-refractivity contribution in [2.45, 2.75) is 26.1 Å². The molecule has 190 valence electrons. The number of rotatable bonds is 10. The zero-order valence-electron chi connectivity index (χ0n) is 20.4. The van der Waals surface area contributed by atoms with Crippen molar-refractivity contribution in [2.75, 3.05) is 7.11 Å². The SMILES string of the molecule is CCC(Oc1ccc2ccccc2c1Br)C(=O)NN=Cc1cc(OC)ccc1OCc1cccc(Br)c1. The molecule has 4 rings (SSSR count). The van der Waals surface area contributed by atoms with Crippen molar-refractivity contribution >= 4 is 54.8 Å². The number of hydrazone groups is 1. The summed E-state index contributed by atoms with van der Waals surface area (Å²) < 4.78 is 19.2. The summed E-state index contributed by atoms with van der Waals surface area (Å²) in [6.07, 6.45) is 1.29. The number of amides is 1. The molecule has 1 unspecified atom stereocenters. The molecule has 6 nitrogen and oxygen atoms in total. The normalized spacial score (nSPS) is 11.9. The van der Waals surface area contributed by atoms with Crippen LogP contribution in [0.25, 0.3) is 10.8 Å². The highest BCUT2D eigenvalue weighted by molar-refractivity contribution is 9.11. The Morgan fingerprint density at radius 1 is 1.00 bits per heavy atom. The first-order chi connectivity index (χ1) is 18.0. The monoisotopic (exact) mass is 624 g/mol. The number of carbonyl (C=O) groups is 1. The van der Waals surface area contributed by atoms with Gasteiger partial charge in [-0.3, -0.25) is 4.79 Å². The van der Waals surface area contributed by atoms with Crippen LogP contribution < -0.4 is 19.6 Å². The van der Waals surface area contributed by atoms with Crippen LogP contribution in [0, 0.1) is 0 Å². The fourth-order valence-electron chi connectivity index (χ4n) is 3.69. The molecule has 1 atom stereocenters. The molecule has 8 heteroatoms. The molecule has 0 aliphatic heterocycles. The number of benzene rings is 4. The number of halogens is 2. The number of ether oxygens (including phenoxy) is 3. The average Bonchev–Trinajstić information content (AvgIpc) is 2.92. The molecule has 0 fully saturated rings. The van der Waals surface area contributed by atoms with Crippen LogP contribution >= 0.6 is 31.9 Å². The van der Waals surface area contributed by atoms with E-state index in [0.717, 1.165) is 25.3 Å². The summed E-state index contributed by atoms with van der Waals surface area (Å²) >= 11 is 7.09. The molecule has 37 heavy (non-hydrogen) atoms. The van der Waals surface area contributed by atoms with Gasteiger partial charge in [0.2, 0.25) is 0 Å². The molecule has 0 aliphatic rings. The van der Waals surface area contributed by atoms with Gasteiger partial charge in [-0.1, -0.05) is 65.3 Å². The second-order valence-corrected chi connectivity index (χ2v) is 9.88. The Kier molecular flexibility index (Phi) is 9.19. The van der Waals surface area contributed by atoms with E-state index in [9.17, 15) is 4.79 Å². The third-order valence-electron chi connectivity index (χ3n) is 5.64. The molecular formula is C29H26Br2N2O4. The maximum absolute atomic E-state index is 12.9. The van der Waals surface area contributed by atoms with Gasteiger partial charge in [0.1, 0.15) is 23.9 Å². The number of hydrogen-bond acceptors (Lipinski definition) is 5. The Morgan fingerprint density at radius 2 is 1.81 bits per heavy atom. The average molecular weight is 626 g/mol. The van der Waals surface area contributed by atoms with Crippen LogP contribution in [-0.2, 0) is 11.4 Å². The summed E-state index contributed by atoms with van der Waals surface area (Å²) in [5.74, 6) is 1.51. The maximum atomic E-state index is 12.9. The standard InChI is InChI=1S/C29H26Br2N2O4/c1-3-25(37-27-13-11-20-8-4-5-10-24(20)28(27)31)29(34)33-32-17-21-16-23(35-2)12-14-26(21)36-18-19-7-6-9-22(30)15-19/h4-17,25H,3,18H2,1-2H3,(H,33,34). The van der Waals surface area contributed by atoms with Crippen LogP contribution in [0.15, 0.2) is 92.9 Å². The van der Waals surface area contributed by atoms with E-state index in [1.54, 1.807) is 13.2 Å². The van der Waals surface area contributed by atoms with Crippen molar-refractivity contribution in [1.82, 2.24) is 5.43 Å². The van der Waals surface area contributed by atoms with Crippen LogP contribution in [0.1, 0.15) is 24.5 Å². The number of methoxy groups -OCH3 is 1. The largest absolute Gasteiger partial charge is 0.497 e. The predicted molar refractivity (Wildman–Crippen MR) is 154 cm³/mol. The summed E-state index contributed by atoms with van der Waals surface area (Å²) in [6, 6.07) is 25.1. The number of fused-ring (bicyclic) bond motifs is 1. The number of nitrogens with one attached hydrogen (secondary N) is 1. The lowest BCUT2D eigenvalue weighted by molar-refractivity contribution is -0.128. The van der Waals surface area contributed by atoms with E-state index in [2.05, 4.69) is 42.4 Å². The minimum Gasteiger partial charge on any atom is -0.497 e. The molecule has 0 saturated heterocycles.